The molecule has 1 N–H and O–H groups in total. The number of rotatable bonds is 6. The molecule has 0 fully saturated rings. The van der Waals surface area contributed by atoms with Gasteiger partial charge in [0.15, 0.2) is 5.65 Å². The van der Waals surface area contributed by atoms with Gasteiger partial charge in [-0.15, -0.1) is 4.73 Å². The molecule has 0 spiro atoms. The highest BCUT2D eigenvalue weighted by Gasteiger charge is 2.18. The lowest BCUT2D eigenvalue weighted by atomic mass is 10.1. The van der Waals surface area contributed by atoms with E-state index < -0.39 is 5.56 Å². The minimum atomic E-state index is -0.420. The largest absolute Gasteiger partial charge is 0.412 e. The number of ether oxygens (including phenoxy) is 1. The first-order chi connectivity index (χ1) is 12.6. The summed E-state index contributed by atoms with van der Waals surface area (Å²) in [5.74, 6) is 0.364. The van der Waals surface area contributed by atoms with Crippen LogP contribution in [0, 0.1) is 0 Å². The van der Waals surface area contributed by atoms with E-state index >= 15 is 0 Å². The Bertz CT molecular complexity index is 987. The number of pyridine rings is 1. The van der Waals surface area contributed by atoms with Gasteiger partial charge < -0.3 is 14.9 Å². The van der Waals surface area contributed by atoms with E-state index in [0.29, 0.717) is 51.3 Å². The van der Waals surface area contributed by atoms with Crippen LogP contribution in [0.5, 0.6) is 0 Å². The quantitative estimate of drug-likeness (QED) is 0.647. The van der Waals surface area contributed by atoms with Gasteiger partial charge in [0, 0.05) is 30.8 Å². The Kier molecular flexibility index (Phi) is 5.61. The predicted molar refractivity (Wildman–Crippen MR) is 102 cm³/mol. The second-order valence-electron chi connectivity index (χ2n) is 5.33. The van der Waals surface area contributed by atoms with Crippen LogP contribution in [0.25, 0.3) is 22.2 Å². The van der Waals surface area contributed by atoms with Gasteiger partial charge in [0.2, 0.25) is 5.95 Å². The highest BCUT2D eigenvalue weighted by molar-refractivity contribution is 6.39. The van der Waals surface area contributed by atoms with Crippen LogP contribution in [-0.2, 0) is 4.74 Å². The third-order valence-corrected chi connectivity index (χ3v) is 4.34. The van der Waals surface area contributed by atoms with Gasteiger partial charge in [0.05, 0.1) is 22.2 Å². The number of hydrogen-bond acceptors (Lipinski definition) is 6. The van der Waals surface area contributed by atoms with Crippen molar-refractivity contribution in [2.75, 3.05) is 32.7 Å². The fourth-order valence-electron chi connectivity index (χ4n) is 2.52. The zero-order chi connectivity index (χ0) is 18.7. The summed E-state index contributed by atoms with van der Waals surface area (Å²) in [4.78, 5) is 26.8. The Hall–Kier alpha value is -2.35. The monoisotopic (exact) mass is 394 g/mol. The van der Waals surface area contributed by atoms with E-state index in [1.54, 1.807) is 37.6 Å². The molecule has 0 amide bonds. The van der Waals surface area contributed by atoms with E-state index in [2.05, 4.69) is 15.3 Å². The topological polar surface area (TPSA) is 78.3 Å². The molecule has 7 nitrogen and oxygen atoms in total. The van der Waals surface area contributed by atoms with Gasteiger partial charge >= 0.3 is 0 Å². The number of nitrogens with zero attached hydrogens (tertiary/aromatic N) is 3. The van der Waals surface area contributed by atoms with Crippen LogP contribution in [-0.4, -0.2) is 42.1 Å². The molecule has 0 aliphatic rings. The third-order valence-electron chi connectivity index (χ3n) is 3.71. The lowest BCUT2D eigenvalue weighted by Gasteiger charge is -2.13. The highest BCUT2D eigenvalue weighted by Crippen LogP contribution is 2.33. The molecule has 0 bridgehead atoms. The Labute approximate surface area is 159 Å². The third kappa shape index (κ3) is 3.46. The molecule has 0 radical (unpaired) electrons. The van der Waals surface area contributed by atoms with Crippen LogP contribution in [0.1, 0.15) is 0 Å². The van der Waals surface area contributed by atoms with Crippen molar-refractivity contribution in [3.8, 4) is 11.1 Å². The molecule has 0 saturated carbocycles. The van der Waals surface area contributed by atoms with E-state index in [-0.39, 0.29) is 0 Å². The maximum atomic E-state index is 12.9. The Morgan fingerprint density at radius 2 is 1.96 bits per heavy atom. The summed E-state index contributed by atoms with van der Waals surface area (Å²) in [6.07, 6.45) is 1.60. The van der Waals surface area contributed by atoms with Gasteiger partial charge in [-0.25, -0.2) is 4.98 Å². The number of hydrogen-bond donors (Lipinski definition) is 1. The highest BCUT2D eigenvalue weighted by atomic mass is 35.5. The normalized spacial score (nSPS) is 10.9. The molecule has 1 aromatic carbocycles. The number of benzene rings is 1. The van der Waals surface area contributed by atoms with Crippen molar-refractivity contribution in [2.24, 2.45) is 0 Å². The van der Waals surface area contributed by atoms with Crippen LogP contribution >= 0.6 is 23.2 Å². The van der Waals surface area contributed by atoms with Crippen molar-refractivity contribution in [3.63, 3.8) is 0 Å². The molecule has 3 rings (SSSR count). The molecule has 3 aromatic rings. The van der Waals surface area contributed by atoms with Crippen molar-refractivity contribution in [1.82, 2.24) is 14.7 Å². The second-order valence-corrected chi connectivity index (χ2v) is 6.14. The summed E-state index contributed by atoms with van der Waals surface area (Å²) in [6.45, 7) is 1.04. The lowest BCUT2D eigenvalue weighted by molar-refractivity contribution is 0.168. The number of halogens is 2. The van der Waals surface area contributed by atoms with Crippen molar-refractivity contribution in [1.29, 1.82) is 0 Å². The number of fused-ring (bicyclic) bond motifs is 1. The second kappa shape index (κ2) is 7.90. The van der Waals surface area contributed by atoms with E-state index in [9.17, 15) is 4.79 Å². The van der Waals surface area contributed by atoms with Gasteiger partial charge in [-0.3, -0.25) is 4.79 Å². The van der Waals surface area contributed by atoms with Crippen LogP contribution < -0.4 is 15.7 Å². The number of nitrogens with one attached hydrogen (secondary N) is 1. The Balaban J connectivity index is 2.18. The summed E-state index contributed by atoms with van der Waals surface area (Å²) in [7, 11) is 2.99. The van der Waals surface area contributed by atoms with Crippen LogP contribution in [0.2, 0.25) is 10.0 Å². The average Bonchev–Trinajstić information content (AvgIpc) is 2.62. The van der Waals surface area contributed by atoms with Crippen molar-refractivity contribution >= 4 is 40.2 Å². The maximum absolute atomic E-state index is 12.9. The standard InChI is InChI=1S/C17H16Cl2N4O3/c1-25-7-6-20-17-21-9-10-8-11(14-12(18)4-3-5-13(14)19)16(24)23(26-2)15(10)22-17/h3-5,8-9H,6-7H2,1-2H3,(H,20,21,22). The number of anilines is 1. The van der Waals surface area contributed by atoms with Gasteiger partial charge in [-0.1, -0.05) is 29.3 Å². The summed E-state index contributed by atoms with van der Waals surface area (Å²) in [5.41, 5.74) is 0.658. The molecule has 26 heavy (non-hydrogen) atoms. The van der Waals surface area contributed by atoms with Crippen LogP contribution in [0.15, 0.2) is 35.3 Å². The minimum absolute atomic E-state index is 0.304. The minimum Gasteiger partial charge on any atom is -0.412 e. The van der Waals surface area contributed by atoms with Gasteiger partial charge in [-0.05, 0) is 18.2 Å². The van der Waals surface area contributed by atoms with Crippen molar-refractivity contribution < 1.29 is 9.57 Å². The zero-order valence-electron chi connectivity index (χ0n) is 14.1. The van der Waals surface area contributed by atoms with Gasteiger partial charge in [0.25, 0.3) is 5.56 Å². The molecule has 2 heterocycles. The first-order valence-electron chi connectivity index (χ1n) is 7.71. The first kappa shape index (κ1) is 18.4. The van der Waals surface area contributed by atoms with Crippen LogP contribution in [0.3, 0.4) is 0 Å². The molecule has 0 saturated heterocycles. The van der Waals surface area contributed by atoms with Crippen molar-refractivity contribution in [3.05, 3.63) is 50.9 Å². The molecule has 0 aliphatic heterocycles. The van der Waals surface area contributed by atoms with E-state index in [4.69, 9.17) is 32.8 Å². The Morgan fingerprint density at radius 1 is 1.23 bits per heavy atom. The molecule has 9 heteroatoms. The van der Waals surface area contributed by atoms with E-state index in [1.807, 2.05) is 0 Å². The SMILES string of the molecule is COCCNc1ncc2cc(-c3c(Cl)cccc3Cl)c(=O)n(OC)c2n1. The van der Waals surface area contributed by atoms with E-state index in [1.165, 1.54) is 7.11 Å². The smallest absolute Gasteiger partial charge is 0.293 e. The molecule has 2 aromatic heterocycles. The molecule has 0 aliphatic carbocycles. The van der Waals surface area contributed by atoms with Crippen LogP contribution in [0.4, 0.5) is 5.95 Å². The number of methoxy groups -OCH3 is 1. The first-order valence-corrected chi connectivity index (χ1v) is 8.47. The summed E-state index contributed by atoms with van der Waals surface area (Å²) < 4.78 is 6.07. The maximum Gasteiger partial charge on any atom is 0.293 e. The van der Waals surface area contributed by atoms with Gasteiger partial charge in [0.1, 0.15) is 7.11 Å². The summed E-state index contributed by atoms with van der Waals surface area (Å²) >= 11 is 12.5. The fraction of sp³-hybridized carbons (Fsp3) is 0.235. The predicted octanol–water partition coefficient (Wildman–Crippen LogP) is 2.88. The molecule has 0 unspecified atom stereocenters. The molecule has 0 atom stereocenters. The summed E-state index contributed by atoms with van der Waals surface area (Å²) in [5, 5.41) is 4.36. The Morgan fingerprint density at radius 3 is 2.62 bits per heavy atom. The molecular weight excluding hydrogens is 379 g/mol. The van der Waals surface area contributed by atoms with Crippen molar-refractivity contribution in [2.45, 2.75) is 0 Å². The molecule has 136 valence electrons. The van der Waals surface area contributed by atoms with Gasteiger partial charge in [-0.2, -0.15) is 4.98 Å². The molecular formula is C17H16Cl2N4O3. The average molecular weight is 395 g/mol. The summed E-state index contributed by atoms with van der Waals surface area (Å²) in [6, 6.07) is 6.70. The van der Waals surface area contributed by atoms with E-state index in [0.717, 1.165) is 4.73 Å². The number of aromatic nitrogens is 3. The zero-order valence-corrected chi connectivity index (χ0v) is 15.6. The fourth-order valence-corrected chi connectivity index (χ4v) is 3.12. The lowest BCUT2D eigenvalue weighted by Crippen LogP contribution is -2.27.